The molecule has 148 valence electrons. The topological polar surface area (TPSA) is 124 Å². The van der Waals surface area contributed by atoms with Crippen molar-refractivity contribution in [3.05, 3.63) is 45.8 Å². The first kappa shape index (κ1) is 22.3. The molecular formula is C19H28N4O4. The van der Waals surface area contributed by atoms with Crippen molar-refractivity contribution < 1.29 is 19.4 Å². The summed E-state index contributed by atoms with van der Waals surface area (Å²) in [4.78, 5) is 26.5. The molecule has 0 spiro atoms. The lowest BCUT2D eigenvalue weighted by atomic mass is 9.91. The number of nitrogens with zero attached hydrogens (tertiary/aromatic N) is 3. The highest BCUT2D eigenvalue weighted by Gasteiger charge is 2.36. The van der Waals surface area contributed by atoms with Gasteiger partial charge in [-0.2, -0.15) is 0 Å². The average molecular weight is 376 g/mol. The molecule has 0 fully saturated rings. The first-order valence-corrected chi connectivity index (χ1v) is 8.89. The second kappa shape index (κ2) is 9.83. The first-order valence-electron chi connectivity index (χ1n) is 8.89. The standard InChI is InChI=1S/C19H28N4O4/c1-18(2,3)27-17(26)22-19(4,16(24)25)13-15-10-7-9-14(12-15)8-5-6-11-21-23-20/h7,9-10,12H,5-6,8,11,13H2,1-4H3,(H,22,26)(H,24,25). The summed E-state index contributed by atoms with van der Waals surface area (Å²) in [5, 5.41) is 15.6. The van der Waals surface area contributed by atoms with E-state index in [0.717, 1.165) is 30.4 Å². The minimum absolute atomic E-state index is 0.133. The van der Waals surface area contributed by atoms with Crippen molar-refractivity contribution in [2.45, 2.75) is 64.5 Å². The summed E-state index contributed by atoms with van der Waals surface area (Å²) in [6, 6.07) is 7.61. The maximum atomic E-state index is 12.0. The number of rotatable bonds is 9. The van der Waals surface area contributed by atoms with Gasteiger partial charge in [0, 0.05) is 17.9 Å². The van der Waals surface area contributed by atoms with Gasteiger partial charge in [0.15, 0.2) is 0 Å². The number of azide groups is 1. The molecule has 8 heteroatoms. The highest BCUT2D eigenvalue weighted by molar-refractivity contribution is 5.84. The smallest absolute Gasteiger partial charge is 0.408 e. The van der Waals surface area contributed by atoms with E-state index >= 15 is 0 Å². The van der Waals surface area contributed by atoms with Crippen molar-refractivity contribution in [1.29, 1.82) is 0 Å². The lowest BCUT2D eigenvalue weighted by Gasteiger charge is -2.28. The lowest BCUT2D eigenvalue weighted by Crippen LogP contribution is -2.54. The van der Waals surface area contributed by atoms with Gasteiger partial charge in [0.2, 0.25) is 0 Å². The number of hydrogen-bond donors (Lipinski definition) is 2. The quantitative estimate of drug-likeness (QED) is 0.289. The van der Waals surface area contributed by atoms with Crippen LogP contribution < -0.4 is 5.32 Å². The van der Waals surface area contributed by atoms with Crippen molar-refractivity contribution in [3.63, 3.8) is 0 Å². The van der Waals surface area contributed by atoms with Crippen molar-refractivity contribution in [2.75, 3.05) is 6.54 Å². The maximum Gasteiger partial charge on any atom is 0.408 e. The summed E-state index contributed by atoms with van der Waals surface area (Å²) in [5.41, 5.74) is 7.95. The Balaban J connectivity index is 2.79. The fraction of sp³-hybridized carbons (Fsp3) is 0.579. The van der Waals surface area contributed by atoms with Gasteiger partial charge < -0.3 is 15.2 Å². The third kappa shape index (κ3) is 8.46. The van der Waals surface area contributed by atoms with Crippen LogP contribution in [0.4, 0.5) is 4.79 Å². The van der Waals surface area contributed by atoms with E-state index in [4.69, 9.17) is 10.3 Å². The van der Waals surface area contributed by atoms with Crippen LogP contribution in [0.3, 0.4) is 0 Å². The molecule has 0 heterocycles. The van der Waals surface area contributed by atoms with E-state index in [0.29, 0.717) is 6.54 Å². The van der Waals surface area contributed by atoms with Crippen LogP contribution in [0.2, 0.25) is 0 Å². The molecule has 1 amide bonds. The predicted octanol–water partition coefficient (Wildman–Crippen LogP) is 4.23. The number of ether oxygens (including phenoxy) is 1. The Labute approximate surface area is 159 Å². The number of alkyl carbamates (subject to hydrolysis) is 1. The van der Waals surface area contributed by atoms with Gasteiger partial charge in [-0.25, -0.2) is 9.59 Å². The van der Waals surface area contributed by atoms with Crippen molar-refractivity contribution in [2.24, 2.45) is 5.11 Å². The zero-order chi connectivity index (χ0) is 20.5. The molecule has 0 saturated carbocycles. The zero-order valence-corrected chi connectivity index (χ0v) is 16.4. The van der Waals surface area contributed by atoms with Crippen molar-refractivity contribution in [3.8, 4) is 0 Å². The van der Waals surface area contributed by atoms with Gasteiger partial charge in [-0.15, -0.1) is 0 Å². The molecule has 1 aromatic rings. The minimum Gasteiger partial charge on any atom is -0.480 e. The predicted molar refractivity (Wildman–Crippen MR) is 103 cm³/mol. The number of benzene rings is 1. The Hall–Kier alpha value is -2.73. The Morgan fingerprint density at radius 2 is 1.89 bits per heavy atom. The number of aliphatic carboxylic acids is 1. The summed E-state index contributed by atoms with van der Waals surface area (Å²) in [5.74, 6) is -1.13. The number of carbonyl (C=O) groups excluding carboxylic acids is 1. The Kier molecular flexibility index (Phi) is 8.12. The molecule has 0 bridgehead atoms. The molecule has 2 N–H and O–H groups in total. The number of carboxylic acids is 1. The van der Waals surface area contributed by atoms with Crippen molar-refractivity contribution in [1.82, 2.24) is 5.32 Å². The molecule has 0 aliphatic rings. The summed E-state index contributed by atoms with van der Waals surface area (Å²) < 4.78 is 5.18. The second-order valence-electron chi connectivity index (χ2n) is 7.67. The van der Waals surface area contributed by atoms with Crippen LogP contribution in [0, 0.1) is 0 Å². The molecule has 0 radical (unpaired) electrons. The molecule has 1 aromatic carbocycles. The zero-order valence-electron chi connectivity index (χ0n) is 16.4. The number of nitrogens with one attached hydrogen (secondary N) is 1. The summed E-state index contributed by atoms with van der Waals surface area (Å²) in [6.07, 6.45) is 1.84. The molecule has 0 aliphatic carbocycles. The number of carboxylic acid groups (broad SMARTS) is 1. The third-order valence-corrected chi connectivity index (χ3v) is 3.83. The number of aryl methyl sites for hydroxylation is 1. The van der Waals surface area contributed by atoms with Gasteiger partial charge in [-0.1, -0.05) is 29.4 Å². The maximum absolute atomic E-state index is 12.0. The normalized spacial score (nSPS) is 13.2. The number of unbranched alkanes of at least 4 members (excludes halogenated alkanes) is 1. The number of amides is 1. The molecule has 1 rings (SSSR count). The van der Waals surface area contributed by atoms with Crippen LogP contribution in [-0.2, 0) is 22.4 Å². The Morgan fingerprint density at radius 3 is 2.48 bits per heavy atom. The van der Waals surface area contributed by atoms with E-state index in [2.05, 4.69) is 15.3 Å². The Bertz CT molecular complexity index is 708. The van der Waals surface area contributed by atoms with E-state index in [1.165, 1.54) is 6.92 Å². The van der Waals surface area contributed by atoms with Gasteiger partial charge >= 0.3 is 12.1 Å². The average Bonchev–Trinajstić information content (AvgIpc) is 2.52. The fourth-order valence-electron chi connectivity index (χ4n) is 2.56. The van der Waals surface area contributed by atoms with Crippen LogP contribution in [-0.4, -0.2) is 34.9 Å². The summed E-state index contributed by atoms with van der Waals surface area (Å²) in [7, 11) is 0. The van der Waals surface area contributed by atoms with Crippen LogP contribution in [0.15, 0.2) is 29.4 Å². The van der Waals surface area contributed by atoms with Crippen LogP contribution in [0.5, 0.6) is 0 Å². The molecular weight excluding hydrogens is 348 g/mol. The highest BCUT2D eigenvalue weighted by Crippen LogP contribution is 2.18. The molecule has 0 saturated heterocycles. The largest absolute Gasteiger partial charge is 0.480 e. The van der Waals surface area contributed by atoms with E-state index in [1.54, 1.807) is 20.8 Å². The first-order chi connectivity index (χ1) is 12.6. The summed E-state index contributed by atoms with van der Waals surface area (Å²) in [6.45, 7) is 7.08. The van der Waals surface area contributed by atoms with E-state index in [9.17, 15) is 14.7 Å². The van der Waals surface area contributed by atoms with Crippen LogP contribution >= 0.6 is 0 Å². The Morgan fingerprint density at radius 1 is 1.22 bits per heavy atom. The monoisotopic (exact) mass is 376 g/mol. The summed E-state index contributed by atoms with van der Waals surface area (Å²) >= 11 is 0. The third-order valence-electron chi connectivity index (χ3n) is 3.83. The fourth-order valence-corrected chi connectivity index (χ4v) is 2.56. The molecule has 0 aliphatic heterocycles. The van der Waals surface area contributed by atoms with E-state index in [-0.39, 0.29) is 6.42 Å². The van der Waals surface area contributed by atoms with Gasteiger partial charge in [0.25, 0.3) is 0 Å². The number of hydrogen-bond acceptors (Lipinski definition) is 4. The number of carbonyl (C=O) groups is 2. The lowest BCUT2D eigenvalue weighted by molar-refractivity contribution is -0.144. The molecule has 1 unspecified atom stereocenters. The van der Waals surface area contributed by atoms with Crippen LogP contribution in [0.25, 0.3) is 10.4 Å². The van der Waals surface area contributed by atoms with E-state index in [1.807, 2.05) is 24.3 Å². The minimum atomic E-state index is -1.48. The second-order valence-corrected chi connectivity index (χ2v) is 7.67. The van der Waals surface area contributed by atoms with Gasteiger partial charge in [-0.05, 0) is 63.6 Å². The SMILES string of the molecule is CC(C)(C)OC(=O)NC(C)(Cc1cccc(CCCCN=[N+]=[N-])c1)C(=O)O. The van der Waals surface area contributed by atoms with Crippen molar-refractivity contribution >= 4 is 12.1 Å². The van der Waals surface area contributed by atoms with Gasteiger partial charge in [0.05, 0.1) is 0 Å². The molecule has 1 atom stereocenters. The van der Waals surface area contributed by atoms with E-state index < -0.39 is 23.2 Å². The van der Waals surface area contributed by atoms with Gasteiger partial charge in [0.1, 0.15) is 11.1 Å². The van der Waals surface area contributed by atoms with Gasteiger partial charge in [-0.3, -0.25) is 0 Å². The molecule has 8 nitrogen and oxygen atoms in total. The molecule has 0 aromatic heterocycles. The highest BCUT2D eigenvalue weighted by atomic mass is 16.6. The molecule has 27 heavy (non-hydrogen) atoms. The van der Waals surface area contributed by atoms with Crippen LogP contribution in [0.1, 0.15) is 51.7 Å².